The summed E-state index contributed by atoms with van der Waals surface area (Å²) in [5, 5.41) is 2.86. The van der Waals surface area contributed by atoms with E-state index in [9.17, 15) is 9.59 Å². The zero-order chi connectivity index (χ0) is 15.2. The van der Waals surface area contributed by atoms with Gasteiger partial charge in [0.05, 0.1) is 12.5 Å². The van der Waals surface area contributed by atoms with Gasteiger partial charge in [0, 0.05) is 26.1 Å². The Kier molecular flexibility index (Phi) is 5.33. The van der Waals surface area contributed by atoms with E-state index >= 15 is 0 Å². The van der Waals surface area contributed by atoms with Crippen LogP contribution in [0.3, 0.4) is 0 Å². The third kappa shape index (κ3) is 4.56. The summed E-state index contributed by atoms with van der Waals surface area (Å²) in [5.41, 5.74) is 6.87. The first kappa shape index (κ1) is 15.5. The van der Waals surface area contributed by atoms with Crippen LogP contribution in [-0.4, -0.2) is 35.8 Å². The molecule has 21 heavy (non-hydrogen) atoms. The molecule has 1 heterocycles. The molecule has 0 aliphatic carbocycles. The van der Waals surface area contributed by atoms with Crippen molar-refractivity contribution in [2.24, 2.45) is 5.73 Å². The Balaban J connectivity index is 2.04. The number of carbonyl (C=O) groups excluding carboxylic acids is 2. The molecule has 1 aliphatic heterocycles. The standard InChI is InChI=1S/C16H23N3O2/c1-12(20)18-15(13-6-3-2-4-7-13)10-16(21)19-9-5-8-14(17)11-19/h2-4,6-7,14-15H,5,8-11,17H2,1H3,(H,18,20). The second-order valence-corrected chi connectivity index (χ2v) is 5.61. The van der Waals surface area contributed by atoms with E-state index in [1.807, 2.05) is 35.2 Å². The van der Waals surface area contributed by atoms with E-state index in [1.165, 1.54) is 6.92 Å². The average Bonchev–Trinajstić information content (AvgIpc) is 2.47. The fourth-order valence-electron chi connectivity index (χ4n) is 2.72. The van der Waals surface area contributed by atoms with Crippen LogP contribution in [0.2, 0.25) is 0 Å². The molecule has 5 nitrogen and oxygen atoms in total. The van der Waals surface area contributed by atoms with Gasteiger partial charge >= 0.3 is 0 Å². The molecule has 114 valence electrons. The number of hydrogen-bond donors (Lipinski definition) is 2. The number of likely N-dealkylation sites (tertiary alicyclic amines) is 1. The highest BCUT2D eigenvalue weighted by Gasteiger charge is 2.24. The molecule has 0 aromatic heterocycles. The van der Waals surface area contributed by atoms with Gasteiger partial charge in [0.25, 0.3) is 0 Å². The molecule has 0 saturated carbocycles. The lowest BCUT2D eigenvalue weighted by molar-refractivity contribution is -0.133. The Labute approximate surface area is 125 Å². The van der Waals surface area contributed by atoms with Gasteiger partial charge < -0.3 is 16.0 Å². The highest BCUT2D eigenvalue weighted by Crippen LogP contribution is 2.19. The first-order chi connectivity index (χ1) is 10.1. The van der Waals surface area contributed by atoms with Gasteiger partial charge in [-0.15, -0.1) is 0 Å². The maximum Gasteiger partial charge on any atom is 0.225 e. The highest BCUT2D eigenvalue weighted by atomic mass is 16.2. The van der Waals surface area contributed by atoms with Crippen molar-refractivity contribution in [2.75, 3.05) is 13.1 Å². The van der Waals surface area contributed by atoms with E-state index in [-0.39, 0.29) is 30.3 Å². The van der Waals surface area contributed by atoms with Crippen LogP contribution < -0.4 is 11.1 Å². The number of nitrogens with one attached hydrogen (secondary N) is 1. The summed E-state index contributed by atoms with van der Waals surface area (Å²) in [6, 6.07) is 9.37. The third-order valence-electron chi connectivity index (χ3n) is 3.77. The summed E-state index contributed by atoms with van der Waals surface area (Å²) in [5.74, 6) is -0.0836. The SMILES string of the molecule is CC(=O)NC(CC(=O)N1CCCC(N)C1)c1ccccc1. The van der Waals surface area contributed by atoms with E-state index in [4.69, 9.17) is 5.73 Å². The predicted molar refractivity (Wildman–Crippen MR) is 81.4 cm³/mol. The number of nitrogens with two attached hydrogens (primary N) is 1. The van der Waals surface area contributed by atoms with Crippen LogP contribution in [0.15, 0.2) is 30.3 Å². The van der Waals surface area contributed by atoms with Crippen LogP contribution >= 0.6 is 0 Å². The molecule has 1 aliphatic rings. The monoisotopic (exact) mass is 289 g/mol. The minimum Gasteiger partial charge on any atom is -0.349 e. The van der Waals surface area contributed by atoms with Crippen molar-refractivity contribution < 1.29 is 9.59 Å². The fourth-order valence-corrected chi connectivity index (χ4v) is 2.72. The molecule has 2 atom stereocenters. The van der Waals surface area contributed by atoms with Crippen LogP contribution in [0, 0.1) is 0 Å². The van der Waals surface area contributed by atoms with Crippen molar-refractivity contribution in [1.82, 2.24) is 10.2 Å². The number of amides is 2. The molecule has 2 unspecified atom stereocenters. The van der Waals surface area contributed by atoms with Gasteiger partial charge in [-0.25, -0.2) is 0 Å². The van der Waals surface area contributed by atoms with Gasteiger partial charge in [0.15, 0.2) is 0 Å². The van der Waals surface area contributed by atoms with Gasteiger partial charge in [0.1, 0.15) is 0 Å². The van der Waals surface area contributed by atoms with Crippen LogP contribution in [0.5, 0.6) is 0 Å². The summed E-state index contributed by atoms with van der Waals surface area (Å²) in [7, 11) is 0. The van der Waals surface area contributed by atoms with Crippen molar-refractivity contribution in [3.05, 3.63) is 35.9 Å². The summed E-state index contributed by atoms with van der Waals surface area (Å²) < 4.78 is 0. The Bertz CT molecular complexity index is 490. The zero-order valence-corrected chi connectivity index (χ0v) is 12.4. The smallest absolute Gasteiger partial charge is 0.225 e. The van der Waals surface area contributed by atoms with Gasteiger partial charge in [0.2, 0.25) is 11.8 Å². The van der Waals surface area contributed by atoms with E-state index < -0.39 is 0 Å². The minimum atomic E-state index is -0.283. The first-order valence-corrected chi connectivity index (χ1v) is 7.41. The molecule has 2 rings (SSSR count). The molecule has 3 N–H and O–H groups in total. The Morgan fingerprint density at radius 2 is 2.10 bits per heavy atom. The molecule has 0 spiro atoms. The summed E-state index contributed by atoms with van der Waals surface area (Å²) in [4.78, 5) is 25.6. The molecule has 0 bridgehead atoms. The second kappa shape index (κ2) is 7.22. The average molecular weight is 289 g/mol. The molecular weight excluding hydrogens is 266 g/mol. The third-order valence-corrected chi connectivity index (χ3v) is 3.77. The number of hydrogen-bond acceptors (Lipinski definition) is 3. The number of nitrogens with zero attached hydrogens (tertiary/aromatic N) is 1. The number of rotatable bonds is 4. The fraction of sp³-hybridized carbons (Fsp3) is 0.500. The van der Waals surface area contributed by atoms with E-state index in [0.29, 0.717) is 6.54 Å². The number of benzene rings is 1. The molecule has 1 fully saturated rings. The summed E-state index contributed by atoms with van der Waals surface area (Å²) in [6.45, 7) is 2.84. The Morgan fingerprint density at radius 3 is 2.71 bits per heavy atom. The maximum atomic E-state index is 12.4. The van der Waals surface area contributed by atoms with Crippen molar-refractivity contribution in [1.29, 1.82) is 0 Å². The predicted octanol–water partition coefficient (Wildman–Crippen LogP) is 1.20. The van der Waals surface area contributed by atoms with Gasteiger partial charge in [-0.1, -0.05) is 30.3 Å². The molecular formula is C16H23N3O2. The van der Waals surface area contributed by atoms with Crippen molar-refractivity contribution >= 4 is 11.8 Å². The lowest BCUT2D eigenvalue weighted by atomic mass is 10.0. The quantitative estimate of drug-likeness (QED) is 0.874. The molecule has 2 amide bonds. The summed E-state index contributed by atoms with van der Waals surface area (Å²) >= 11 is 0. The lowest BCUT2D eigenvalue weighted by Crippen LogP contribution is -2.46. The van der Waals surface area contributed by atoms with Crippen molar-refractivity contribution in [3.63, 3.8) is 0 Å². The normalized spacial score (nSPS) is 19.9. The second-order valence-electron chi connectivity index (χ2n) is 5.61. The molecule has 5 heteroatoms. The van der Waals surface area contributed by atoms with Crippen LogP contribution in [0.4, 0.5) is 0 Å². The Hall–Kier alpha value is -1.88. The largest absolute Gasteiger partial charge is 0.349 e. The lowest BCUT2D eigenvalue weighted by Gasteiger charge is -2.32. The summed E-state index contributed by atoms with van der Waals surface area (Å²) in [6.07, 6.45) is 2.19. The van der Waals surface area contributed by atoms with Crippen LogP contribution in [-0.2, 0) is 9.59 Å². The highest BCUT2D eigenvalue weighted by molar-refractivity contribution is 5.79. The Morgan fingerprint density at radius 1 is 1.38 bits per heavy atom. The minimum absolute atomic E-state index is 0.0488. The number of carbonyl (C=O) groups is 2. The zero-order valence-electron chi connectivity index (χ0n) is 12.4. The van der Waals surface area contributed by atoms with E-state index in [2.05, 4.69) is 5.32 Å². The maximum absolute atomic E-state index is 12.4. The van der Waals surface area contributed by atoms with E-state index in [0.717, 1.165) is 24.9 Å². The number of piperidine rings is 1. The van der Waals surface area contributed by atoms with Gasteiger partial charge in [-0.2, -0.15) is 0 Å². The van der Waals surface area contributed by atoms with Crippen molar-refractivity contribution in [3.8, 4) is 0 Å². The molecule has 1 aromatic carbocycles. The van der Waals surface area contributed by atoms with Gasteiger partial charge in [-0.3, -0.25) is 9.59 Å². The van der Waals surface area contributed by atoms with Crippen LogP contribution in [0.1, 0.15) is 37.8 Å². The van der Waals surface area contributed by atoms with Gasteiger partial charge in [-0.05, 0) is 18.4 Å². The topological polar surface area (TPSA) is 75.4 Å². The van der Waals surface area contributed by atoms with E-state index in [1.54, 1.807) is 0 Å². The molecule has 0 radical (unpaired) electrons. The van der Waals surface area contributed by atoms with Crippen LogP contribution in [0.25, 0.3) is 0 Å². The molecule has 1 saturated heterocycles. The van der Waals surface area contributed by atoms with Crippen molar-refractivity contribution in [2.45, 2.75) is 38.3 Å². The molecule has 1 aromatic rings. The first-order valence-electron chi connectivity index (χ1n) is 7.41.